The molecule has 0 saturated heterocycles. The number of carbonyl (C=O) groups is 1. The molecule has 0 aliphatic carbocycles. The number of halogens is 3. The topological polar surface area (TPSA) is 47.8 Å². The van der Waals surface area contributed by atoms with Crippen molar-refractivity contribution in [2.75, 3.05) is 0 Å². The number of aldehydes is 1. The second-order valence-electron chi connectivity index (χ2n) is 3.22. The highest BCUT2D eigenvalue weighted by Gasteiger charge is 2.30. The number of alkyl halides is 3. The van der Waals surface area contributed by atoms with Gasteiger partial charge in [-0.2, -0.15) is 23.1 Å². The standard InChI is InChI=1S/C10H6F3N3O/c11-10(12,13)7-1-3-9(4-2-7)16-14-5-8(6-17)15-16/h1-6H. The van der Waals surface area contributed by atoms with Crippen molar-refractivity contribution in [3.05, 3.63) is 41.7 Å². The Morgan fingerprint density at radius 1 is 1.18 bits per heavy atom. The molecule has 88 valence electrons. The zero-order valence-electron chi connectivity index (χ0n) is 8.35. The maximum Gasteiger partial charge on any atom is 0.416 e. The van der Waals surface area contributed by atoms with E-state index in [1.165, 1.54) is 18.3 Å². The number of carbonyl (C=O) groups excluding carboxylic acids is 1. The number of benzene rings is 1. The molecule has 0 radical (unpaired) electrons. The van der Waals surface area contributed by atoms with E-state index in [9.17, 15) is 18.0 Å². The summed E-state index contributed by atoms with van der Waals surface area (Å²) in [5, 5.41) is 7.49. The zero-order chi connectivity index (χ0) is 12.5. The largest absolute Gasteiger partial charge is 0.416 e. The normalized spacial score (nSPS) is 11.5. The number of hydrogen-bond donors (Lipinski definition) is 0. The fraction of sp³-hybridized carbons (Fsp3) is 0.100. The number of aromatic nitrogens is 3. The quantitative estimate of drug-likeness (QED) is 0.756. The first-order chi connectivity index (χ1) is 8.00. The van der Waals surface area contributed by atoms with E-state index in [0.717, 1.165) is 16.9 Å². The molecule has 2 aromatic rings. The predicted molar refractivity (Wildman–Crippen MR) is 51.7 cm³/mol. The lowest BCUT2D eigenvalue weighted by Gasteiger charge is -2.06. The van der Waals surface area contributed by atoms with Gasteiger partial charge in [0.15, 0.2) is 6.29 Å². The highest BCUT2D eigenvalue weighted by Crippen LogP contribution is 2.29. The average Bonchev–Trinajstić information content (AvgIpc) is 2.76. The van der Waals surface area contributed by atoms with Gasteiger partial charge in [-0.3, -0.25) is 4.79 Å². The van der Waals surface area contributed by atoms with E-state index >= 15 is 0 Å². The van der Waals surface area contributed by atoms with Gasteiger partial charge in [0, 0.05) is 0 Å². The SMILES string of the molecule is O=Cc1cnn(-c2ccc(C(F)(F)F)cc2)n1. The van der Waals surface area contributed by atoms with Crippen LogP contribution in [-0.2, 0) is 6.18 Å². The fourth-order valence-electron chi connectivity index (χ4n) is 1.24. The molecule has 0 aliphatic heterocycles. The Hall–Kier alpha value is -2.18. The highest BCUT2D eigenvalue weighted by atomic mass is 19.4. The van der Waals surface area contributed by atoms with Crippen LogP contribution in [0.5, 0.6) is 0 Å². The van der Waals surface area contributed by atoms with Crippen LogP contribution in [0.15, 0.2) is 30.5 Å². The van der Waals surface area contributed by atoms with E-state index in [2.05, 4.69) is 10.2 Å². The summed E-state index contributed by atoms with van der Waals surface area (Å²) < 4.78 is 36.9. The monoisotopic (exact) mass is 241 g/mol. The molecule has 0 unspecified atom stereocenters. The van der Waals surface area contributed by atoms with Crippen molar-refractivity contribution in [2.24, 2.45) is 0 Å². The van der Waals surface area contributed by atoms with Gasteiger partial charge in [0.25, 0.3) is 0 Å². The van der Waals surface area contributed by atoms with Crippen LogP contribution in [0.4, 0.5) is 13.2 Å². The molecular formula is C10H6F3N3O. The molecule has 0 bridgehead atoms. The second kappa shape index (κ2) is 4.00. The lowest BCUT2D eigenvalue weighted by atomic mass is 10.2. The van der Waals surface area contributed by atoms with Crippen molar-refractivity contribution in [3.8, 4) is 5.69 Å². The summed E-state index contributed by atoms with van der Waals surface area (Å²) in [6, 6.07) is 4.33. The van der Waals surface area contributed by atoms with Crippen molar-refractivity contribution >= 4 is 6.29 Å². The Balaban J connectivity index is 2.32. The summed E-state index contributed by atoms with van der Waals surface area (Å²) in [5.41, 5.74) is -0.278. The maximum atomic E-state index is 12.3. The van der Waals surface area contributed by atoms with Crippen LogP contribution in [0, 0.1) is 0 Å². The summed E-state index contributed by atoms with van der Waals surface area (Å²) in [6.45, 7) is 0. The van der Waals surface area contributed by atoms with Crippen molar-refractivity contribution in [1.82, 2.24) is 15.0 Å². The predicted octanol–water partition coefficient (Wildman–Crippen LogP) is 2.10. The molecule has 1 aromatic heterocycles. The van der Waals surface area contributed by atoms with Gasteiger partial charge in [-0.05, 0) is 24.3 Å². The minimum Gasteiger partial charge on any atom is -0.296 e. The first-order valence-electron chi connectivity index (χ1n) is 4.56. The molecule has 0 aliphatic rings. The molecule has 2 rings (SSSR count). The van der Waals surface area contributed by atoms with Crippen molar-refractivity contribution in [1.29, 1.82) is 0 Å². The third-order valence-electron chi connectivity index (χ3n) is 2.06. The lowest BCUT2D eigenvalue weighted by Crippen LogP contribution is -2.05. The summed E-state index contributed by atoms with van der Waals surface area (Å²) >= 11 is 0. The molecule has 0 amide bonds. The number of rotatable bonds is 2. The van der Waals surface area contributed by atoms with Gasteiger partial charge in [0.1, 0.15) is 5.69 Å². The van der Waals surface area contributed by atoms with Crippen LogP contribution in [0.2, 0.25) is 0 Å². The Bertz CT molecular complexity index is 530. The molecule has 7 heteroatoms. The summed E-state index contributed by atoms with van der Waals surface area (Å²) in [6.07, 6.45) is -2.64. The Labute approximate surface area is 93.7 Å². The van der Waals surface area contributed by atoms with Crippen LogP contribution < -0.4 is 0 Å². The molecular weight excluding hydrogens is 235 g/mol. The van der Waals surface area contributed by atoms with E-state index in [1.54, 1.807) is 0 Å². The Kier molecular flexibility index (Phi) is 2.66. The van der Waals surface area contributed by atoms with Gasteiger partial charge in [-0.15, -0.1) is 5.10 Å². The smallest absolute Gasteiger partial charge is 0.296 e. The highest BCUT2D eigenvalue weighted by molar-refractivity contribution is 5.70. The molecule has 1 aromatic carbocycles. The minimum atomic E-state index is -4.37. The van der Waals surface area contributed by atoms with Crippen molar-refractivity contribution in [2.45, 2.75) is 6.18 Å². The first kappa shape index (κ1) is 11.3. The van der Waals surface area contributed by atoms with Crippen LogP contribution in [0.25, 0.3) is 5.69 Å². The van der Waals surface area contributed by atoms with Crippen molar-refractivity contribution < 1.29 is 18.0 Å². The third kappa shape index (κ3) is 2.32. The zero-order valence-corrected chi connectivity index (χ0v) is 8.35. The van der Waals surface area contributed by atoms with Crippen LogP contribution in [-0.4, -0.2) is 21.3 Å². The molecule has 0 fully saturated rings. The molecule has 1 heterocycles. The van der Waals surface area contributed by atoms with Gasteiger partial charge in [0.2, 0.25) is 0 Å². The van der Waals surface area contributed by atoms with Crippen LogP contribution in [0.3, 0.4) is 0 Å². The molecule has 0 N–H and O–H groups in total. The van der Waals surface area contributed by atoms with E-state index in [4.69, 9.17) is 0 Å². The fourth-order valence-corrected chi connectivity index (χ4v) is 1.24. The third-order valence-corrected chi connectivity index (χ3v) is 2.06. The molecule has 0 saturated carbocycles. The van der Waals surface area contributed by atoms with Crippen LogP contribution >= 0.6 is 0 Å². The summed E-state index contributed by atoms with van der Waals surface area (Å²) in [5.74, 6) is 0. The van der Waals surface area contributed by atoms with Gasteiger partial charge >= 0.3 is 6.18 Å². The summed E-state index contributed by atoms with van der Waals surface area (Å²) in [4.78, 5) is 11.5. The second-order valence-corrected chi connectivity index (χ2v) is 3.22. The first-order valence-corrected chi connectivity index (χ1v) is 4.56. The Morgan fingerprint density at radius 2 is 1.82 bits per heavy atom. The van der Waals surface area contributed by atoms with Gasteiger partial charge in [0.05, 0.1) is 17.4 Å². The van der Waals surface area contributed by atoms with E-state index in [0.29, 0.717) is 12.0 Å². The minimum absolute atomic E-state index is 0.116. The number of hydrogen-bond acceptors (Lipinski definition) is 3. The summed E-state index contributed by atoms with van der Waals surface area (Å²) in [7, 11) is 0. The molecule has 0 spiro atoms. The molecule has 17 heavy (non-hydrogen) atoms. The average molecular weight is 241 g/mol. The molecule has 0 atom stereocenters. The van der Waals surface area contributed by atoms with Crippen LogP contribution in [0.1, 0.15) is 16.1 Å². The van der Waals surface area contributed by atoms with Gasteiger partial charge in [-0.25, -0.2) is 0 Å². The van der Waals surface area contributed by atoms with Crippen molar-refractivity contribution in [3.63, 3.8) is 0 Å². The lowest BCUT2D eigenvalue weighted by molar-refractivity contribution is -0.137. The maximum absolute atomic E-state index is 12.3. The van der Waals surface area contributed by atoms with E-state index in [1.807, 2.05) is 0 Å². The van der Waals surface area contributed by atoms with Gasteiger partial charge in [-0.1, -0.05) is 0 Å². The van der Waals surface area contributed by atoms with Gasteiger partial charge < -0.3 is 0 Å². The van der Waals surface area contributed by atoms with E-state index < -0.39 is 11.7 Å². The molecule has 4 nitrogen and oxygen atoms in total. The van der Waals surface area contributed by atoms with E-state index in [-0.39, 0.29) is 5.69 Å². The number of nitrogens with zero attached hydrogens (tertiary/aromatic N) is 3. The Morgan fingerprint density at radius 3 is 2.29 bits per heavy atom.